The molecule has 2 rings (SSSR count). The maximum absolute atomic E-state index is 7.91. The number of nitrogens with two attached hydrogens (primary N) is 1. The molecule has 3 N–H and O–H groups in total. The minimum absolute atomic E-state index is 0.126. The van der Waals surface area contributed by atoms with Gasteiger partial charge in [-0.1, -0.05) is 43.3 Å². The predicted octanol–water partition coefficient (Wildman–Crippen LogP) is 3.72. The van der Waals surface area contributed by atoms with Gasteiger partial charge >= 0.3 is 0 Å². The Labute approximate surface area is 130 Å². The first-order valence-corrected chi connectivity index (χ1v) is 7.97. The highest BCUT2D eigenvalue weighted by atomic mass is 32.2. The molecule has 0 aliphatic carbocycles. The van der Waals surface area contributed by atoms with Crippen molar-refractivity contribution < 1.29 is 0 Å². The molecule has 110 valence electrons. The number of nitrogen functional groups attached to an aromatic ring is 1. The first-order valence-electron chi connectivity index (χ1n) is 6.98. The van der Waals surface area contributed by atoms with Crippen LogP contribution in [0, 0.1) is 5.41 Å². The number of hydrogen-bond acceptors (Lipinski definition) is 3. The van der Waals surface area contributed by atoms with Crippen LogP contribution in [0.3, 0.4) is 0 Å². The van der Waals surface area contributed by atoms with E-state index in [1.54, 1.807) is 11.8 Å². The molecule has 0 radical (unpaired) electrons. The molecule has 3 nitrogen and oxygen atoms in total. The Balaban J connectivity index is 2.34. The summed E-state index contributed by atoms with van der Waals surface area (Å²) in [6.45, 7) is 2.90. The number of nitrogens with one attached hydrogen (secondary N) is 1. The van der Waals surface area contributed by atoms with Crippen molar-refractivity contribution in [3.63, 3.8) is 0 Å². The summed E-state index contributed by atoms with van der Waals surface area (Å²) in [5.74, 6) is 1.09. The molecule has 2 aromatic carbocycles. The summed E-state index contributed by atoms with van der Waals surface area (Å²) in [4.78, 5) is 3.22. The van der Waals surface area contributed by atoms with Crippen LogP contribution < -0.4 is 10.6 Å². The lowest BCUT2D eigenvalue weighted by molar-refractivity contribution is 0.918. The largest absolute Gasteiger partial charge is 0.384 e. The second kappa shape index (κ2) is 7.18. The van der Waals surface area contributed by atoms with Gasteiger partial charge in [0.25, 0.3) is 0 Å². The van der Waals surface area contributed by atoms with Crippen LogP contribution in [0.5, 0.6) is 0 Å². The van der Waals surface area contributed by atoms with E-state index in [1.165, 1.54) is 5.56 Å². The molecule has 0 bridgehead atoms. The van der Waals surface area contributed by atoms with Crippen molar-refractivity contribution >= 4 is 23.3 Å². The average molecular weight is 299 g/mol. The summed E-state index contributed by atoms with van der Waals surface area (Å²) in [5.41, 5.74) is 8.90. The van der Waals surface area contributed by atoms with Crippen molar-refractivity contribution in [1.82, 2.24) is 0 Å². The highest BCUT2D eigenvalue weighted by Crippen LogP contribution is 2.30. The summed E-state index contributed by atoms with van der Waals surface area (Å²) in [5, 5.41) is 7.91. The number of benzene rings is 2. The molecule has 0 spiro atoms. The normalized spacial score (nSPS) is 10.4. The van der Waals surface area contributed by atoms with Crippen molar-refractivity contribution in [3.05, 3.63) is 59.7 Å². The number of anilines is 1. The van der Waals surface area contributed by atoms with Crippen LogP contribution in [0.4, 0.5) is 5.69 Å². The molecule has 0 atom stereocenters. The van der Waals surface area contributed by atoms with Crippen LogP contribution in [0.2, 0.25) is 0 Å². The van der Waals surface area contributed by atoms with Gasteiger partial charge in [0, 0.05) is 24.2 Å². The average Bonchev–Trinajstić information content (AvgIpc) is 2.48. The molecule has 0 heterocycles. The van der Waals surface area contributed by atoms with Crippen LogP contribution in [-0.2, 0) is 6.54 Å². The number of nitrogens with zero attached hydrogens (tertiary/aromatic N) is 1. The highest BCUT2D eigenvalue weighted by Gasteiger charge is 2.14. The molecule has 21 heavy (non-hydrogen) atoms. The van der Waals surface area contributed by atoms with Gasteiger partial charge in [0.15, 0.2) is 0 Å². The lowest BCUT2D eigenvalue weighted by Gasteiger charge is -2.23. The number of thioether (sulfide) groups is 1. The van der Waals surface area contributed by atoms with Gasteiger partial charge in [-0.25, -0.2) is 0 Å². The number of amidine groups is 1. The summed E-state index contributed by atoms with van der Waals surface area (Å²) >= 11 is 1.72. The van der Waals surface area contributed by atoms with Crippen LogP contribution in [-0.4, -0.2) is 18.6 Å². The number of hydrogen-bond donors (Lipinski definition) is 2. The lowest BCUT2D eigenvalue weighted by Crippen LogP contribution is -2.22. The predicted molar refractivity (Wildman–Crippen MR) is 92.4 cm³/mol. The van der Waals surface area contributed by atoms with Crippen molar-refractivity contribution in [2.75, 3.05) is 17.7 Å². The van der Waals surface area contributed by atoms with Gasteiger partial charge in [-0.3, -0.25) is 5.41 Å². The zero-order chi connectivity index (χ0) is 15.2. The van der Waals surface area contributed by atoms with E-state index in [0.29, 0.717) is 0 Å². The number of rotatable bonds is 6. The van der Waals surface area contributed by atoms with E-state index in [0.717, 1.165) is 28.4 Å². The molecule has 0 saturated carbocycles. The third-order valence-corrected chi connectivity index (χ3v) is 4.19. The fraction of sp³-hybridized carbons (Fsp3) is 0.235. The Hall–Kier alpha value is -1.94. The third-order valence-electron chi connectivity index (χ3n) is 3.25. The monoisotopic (exact) mass is 299 g/mol. The fourth-order valence-electron chi connectivity index (χ4n) is 2.33. The zero-order valence-corrected chi connectivity index (χ0v) is 13.3. The standard InChI is InChI=1S/C17H21N3S/c1-3-21-15-11-7-10-14(16(15)17(18)19)20(2)12-13-8-5-4-6-9-13/h4-11H,3,12H2,1-2H3,(H3,18,19). The molecule has 0 aliphatic heterocycles. The van der Waals surface area contributed by atoms with E-state index in [9.17, 15) is 0 Å². The maximum Gasteiger partial charge on any atom is 0.126 e. The van der Waals surface area contributed by atoms with Crippen LogP contribution in [0.15, 0.2) is 53.4 Å². The molecule has 4 heteroatoms. The van der Waals surface area contributed by atoms with Gasteiger partial charge in [0.2, 0.25) is 0 Å². The van der Waals surface area contributed by atoms with Crippen molar-refractivity contribution in [2.24, 2.45) is 5.73 Å². The topological polar surface area (TPSA) is 53.1 Å². The van der Waals surface area contributed by atoms with E-state index in [4.69, 9.17) is 11.1 Å². The first-order chi connectivity index (χ1) is 10.1. The molecule has 0 saturated heterocycles. The van der Waals surface area contributed by atoms with E-state index in [-0.39, 0.29) is 5.84 Å². The van der Waals surface area contributed by atoms with E-state index in [2.05, 4.69) is 24.0 Å². The van der Waals surface area contributed by atoms with Gasteiger partial charge in [0.05, 0.1) is 5.56 Å². The quantitative estimate of drug-likeness (QED) is 0.485. The second-order valence-electron chi connectivity index (χ2n) is 4.84. The molecule has 0 aliphatic rings. The third kappa shape index (κ3) is 3.79. The summed E-state index contributed by atoms with van der Waals surface area (Å²) in [6.07, 6.45) is 0. The van der Waals surface area contributed by atoms with Gasteiger partial charge in [0.1, 0.15) is 5.84 Å². The Kier molecular flexibility index (Phi) is 5.28. The Bertz CT molecular complexity index is 611. The van der Waals surface area contributed by atoms with E-state index in [1.807, 2.05) is 43.4 Å². The van der Waals surface area contributed by atoms with Crippen LogP contribution in [0.1, 0.15) is 18.1 Å². The lowest BCUT2D eigenvalue weighted by atomic mass is 10.1. The highest BCUT2D eigenvalue weighted by molar-refractivity contribution is 7.99. The van der Waals surface area contributed by atoms with Gasteiger partial charge in [-0.15, -0.1) is 11.8 Å². The zero-order valence-electron chi connectivity index (χ0n) is 12.5. The molecule has 0 amide bonds. The minimum Gasteiger partial charge on any atom is -0.384 e. The maximum atomic E-state index is 7.91. The van der Waals surface area contributed by atoms with Gasteiger partial charge in [-0.2, -0.15) is 0 Å². The summed E-state index contributed by atoms with van der Waals surface area (Å²) in [7, 11) is 2.04. The van der Waals surface area contributed by atoms with E-state index < -0.39 is 0 Å². The molecule has 0 aromatic heterocycles. The van der Waals surface area contributed by atoms with Gasteiger partial charge in [-0.05, 0) is 23.4 Å². The second-order valence-corrected chi connectivity index (χ2v) is 6.14. The van der Waals surface area contributed by atoms with Crippen LogP contribution in [0.25, 0.3) is 0 Å². The molecule has 0 unspecified atom stereocenters. The van der Waals surface area contributed by atoms with Crippen molar-refractivity contribution in [1.29, 1.82) is 5.41 Å². The minimum atomic E-state index is 0.126. The molecular weight excluding hydrogens is 278 g/mol. The molecular formula is C17H21N3S. The van der Waals surface area contributed by atoms with Crippen molar-refractivity contribution in [2.45, 2.75) is 18.4 Å². The fourth-order valence-corrected chi connectivity index (χ4v) is 3.17. The summed E-state index contributed by atoms with van der Waals surface area (Å²) < 4.78 is 0. The Morgan fingerprint density at radius 1 is 1.14 bits per heavy atom. The molecule has 2 aromatic rings. The Morgan fingerprint density at radius 3 is 2.48 bits per heavy atom. The SMILES string of the molecule is CCSc1cccc(N(C)Cc2ccccc2)c1C(=N)N. The smallest absolute Gasteiger partial charge is 0.126 e. The molecule has 0 fully saturated rings. The van der Waals surface area contributed by atoms with Gasteiger partial charge < -0.3 is 10.6 Å². The summed E-state index contributed by atoms with van der Waals surface area (Å²) in [6, 6.07) is 16.4. The first kappa shape index (κ1) is 15.4. The van der Waals surface area contributed by atoms with Crippen molar-refractivity contribution in [3.8, 4) is 0 Å². The Morgan fingerprint density at radius 2 is 1.86 bits per heavy atom. The van der Waals surface area contributed by atoms with Crippen LogP contribution >= 0.6 is 11.8 Å². The van der Waals surface area contributed by atoms with E-state index >= 15 is 0 Å².